The summed E-state index contributed by atoms with van der Waals surface area (Å²) >= 11 is 0. The molecule has 0 aliphatic carbocycles. The predicted octanol–water partition coefficient (Wildman–Crippen LogP) is -0.197. The first kappa shape index (κ1) is 15.3. The summed E-state index contributed by atoms with van der Waals surface area (Å²) in [7, 11) is -2.56. The molecule has 2 heterocycles. The van der Waals surface area contributed by atoms with E-state index >= 15 is 0 Å². The van der Waals surface area contributed by atoms with Crippen LogP contribution in [0.15, 0.2) is 46.5 Å². The third kappa shape index (κ3) is 2.51. The molecule has 120 valence electrons. The van der Waals surface area contributed by atoms with Gasteiger partial charge in [0.1, 0.15) is 6.33 Å². The van der Waals surface area contributed by atoms with Gasteiger partial charge in [-0.2, -0.15) is 4.68 Å². The zero-order valence-electron chi connectivity index (χ0n) is 12.4. The Morgan fingerprint density at radius 2 is 1.91 bits per heavy atom. The Labute approximate surface area is 131 Å². The highest BCUT2D eigenvalue weighted by Crippen LogP contribution is 2.15. The Morgan fingerprint density at radius 1 is 1.22 bits per heavy atom. The summed E-state index contributed by atoms with van der Waals surface area (Å²) in [6, 6.07) is 8.97. The maximum atomic E-state index is 12.5. The summed E-state index contributed by atoms with van der Waals surface area (Å²) in [5, 5.41) is 7.39. The van der Waals surface area contributed by atoms with Crippen LogP contribution in [0.2, 0.25) is 0 Å². The lowest BCUT2D eigenvalue weighted by Gasteiger charge is -2.13. The number of nitrogens with zero attached hydrogens (tertiary/aromatic N) is 5. The van der Waals surface area contributed by atoms with Gasteiger partial charge in [0, 0.05) is 0 Å². The molecule has 1 N–H and O–H groups in total. The van der Waals surface area contributed by atoms with Crippen molar-refractivity contribution in [2.75, 3.05) is 7.05 Å². The van der Waals surface area contributed by atoms with Crippen LogP contribution in [0.1, 0.15) is 18.5 Å². The van der Waals surface area contributed by atoms with Crippen molar-refractivity contribution in [2.45, 2.75) is 18.0 Å². The van der Waals surface area contributed by atoms with Crippen molar-refractivity contribution in [3.8, 4) is 0 Å². The summed E-state index contributed by atoms with van der Waals surface area (Å²) in [6.45, 7) is 1.80. The monoisotopic (exact) mass is 334 g/mol. The van der Waals surface area contributed by atoms with Crippen LogP contribution < -0.4 is 10.4 Å². The van der Waals surface area contributed by atoms with Crippen LogP contribution >= 0.6 is 0 Å². The summed E-state index contributed by atoms with van der Waals surface area (Å²) < 4.78 is 28.1. The molecule has 10 heteroatoms. The van der Waals surface area contributed by atoms with E-state index in [1.54, 1.807) is 6.92 Å². The number of imidazole rings is 1. The SMILES string of the molecule is CNS(=O)(=O)c1ncn2c(=O)n(C(C)c3ccccc3)nnc12. The molecule has 3 aromatic rings. The number of hydrogen-bond acceptors (Lipinski definition) is 6. The number of rotatable bonds is 4. The fourth-order valence-electron chi connectivity index (χ4n) is 2.20. The van der Waals surface area contributed by atoms with Gasteiger partial charge in [0.2, 0.25) is 10.7 Å². The van der Waals surface area contributed by atoms with Crippen molar-refractivity contribution in [1.29, 1.82) is 0 Å². The minimum absolute atomic E-state index is 0.110. The van der Waals surface area contributed by atoms with Gasteiger partial charge in [-0.1, -0.05) is 35.5 Å². The topological polar surface area (TPSA) is 111 Å². The Balaban J connectivity index is 2.17. The van der Waals surface area contributed by atoms with Crippen molar-refractivity contribution < 1.29 is 8.42 Å². The zero-order valence-corrected chi connectivity index (χ0v) is 13.2. The highest BCUT2D eigenvalue weighted by atomic mass is 32.2. The quantitative estimate of drug-likeness (QED) is 0.707. The number of nitrogens with one attached hydrogen (secondary N) is 1. The maximum Gasteiger partial charge on any atom is 0.353 e. The van der Waals surface area contributed by atoms with Gasteiger partial charge < -0.3 is 0 Å². The minimum atomic E-state index is -3.82. The summed E-state index contributed by atoms with van der Waals surface area (Å²) in [5.41, 5.74) is 0.253. The molecular formula is C13H14N6O3S. The molecule has 0 saturated carbocycles. The predicted molar refractivity (Wildman–Crippen MR) is 81.5 cm³/mol. The first-order valence-corrected chi connectivity index (χ1v) is 8.25. The first-order valence-electron chi connectivity index (χ1n) is 6.77. The van der Waals surface area contributed by atoms with Crippen LogP contribution in [0.3, 0.4) is 0 Å². The van der Waals surface area contributed by atoms with Gasteiger partial charge in [-0.25, -0.2) is 27.3 Å². The lowest BCUT2D eigenvalue weighted by Crippen LogP contribution is -2.32. The minimum Gasteiger partial charge on any atom is -0.245 e. The average molecular weight is 334 g/mol. The van der Waals surface area contributed by atoms with Gasteiger partial charge >= 0.3 is 5.69 Å². The second-order valence-corrected chi connectivity index (χ2v) is 6.66. The highest BCUT2D eigenvalue weighted by Gasteiger charge is 2.23. The van der Waals surface area contributed by atoms with Crippen LogP contribution in [0.4, 0.5) is 0 Å². The molecule has 1 unspecified atom stereocenters. The maximum absolute atomic E-state index is 12.5. The lowest BCUT2D eigenvalue weighted by atomic mass is 10.1. The van der Waals surface area contributed by atoms with Gasteiger partial charge in [-0.3, -0.25) is 0 Å². The molecule has 9 nitrogen and oxygen atoms in total. The number of fused-ring (bicyclic) bond motifs is 1. The summed E-state index contributed by atoms with van der Waals surface area (Å²) in [5.74, 6) is 0. The van der Waals surface area contributed by atoms with Crippen LogP contribution in [-0.2, 0) is 10.0 Å². The number of aromatic nitrogens is 5. The van der Waals surface area contributed by atoms with E-state index in [0.717, 1.165) is 16.3 Å². The van der Waals surface area contributed by atoms with Gasteiger partial charge in [-0.05, 0) is 19.5 Å². The first-order chi connectivity index (χ1) is 11.0. The molecule has 0 amide bonds. The normalized spacial score (nSPS) is 13.3. The molecule has 0 spiro atoms. The van der Waals surface area contributed by atoms with Crippen molar-refractivity contribution in [3.05, 3.63) is 52.7 Å². The van der Waals surface area contributed by atoms with Gasteiger partial charge in [0.25, 0.3) is 10.0 Å². The van der Waals surface area contributed by atoms with Crippen LogP contribution in [-0.4, -0.2) is 39.8 Å². The van der Waals surface area contributed by atoms with Crippen molar-refractivity contribution in [3.63, 3.8) is 0 Å². The van der Waals surface area contributed by atoms with Crippen LogP contribution in [0.5, 0.6) is 0 Å². The Morgan fingerprint density at radius 3 is 2.57 bits per heavy atom. The van der Waals surface area contributed by atoms with Crippen molar-refractivity contribution in [2.24, 2.45) is 0 Å². The molecule has 1 aromatic carbocycles. The van der Waals surface area contributed by atoms with Gasteiger partial charge in [0.05, 0.1) is 6.04 Å². The Kier molecular flexibility index (Phi) is 3.70. The molecule has 1 atom stereocenters. The van der Waals surface area contributed by atoms with E-state index in [0.29, 0.717) is 0 Å². The van der Waals surface area contributed by atoms with E-state index in [1.165, 1.54) is 11.7 Å². The fraction of sp³-hybridized carbons (Fsp3) is 0.231. The average Bonchev–Trinajstić information content (AvgIpc) is 3.01. The Bertz CT molecular complexity index is 1010. The number of benzene rings is 1. The molecule has 3 rings (SSSR count). The number of hydrogen-bond donors (Lipinski definition) is 1. The van der Waals surface area contributed by atoms with E-state index in [4.69, 9.17) is 0 Å². The third-order valence-electron chi connectivity index (χ3n) is 3.52. The fourth-order valence-corrected chi connectivity index (χ4v) is 2.96. The van der Waals surface area contributed by atoms with Crippen molar-refractivity contribution >= 4 is 15.7 Å². The standard InChI is InChI=1S/C13H14N6O3S/c1-9(10-6-4-3-5-7-10)19-13(20)18-8-15-12(11(18)16-17-19)23(21,22)14-2/h3-9,14H,1-2H3. The molecule has 0 radical (unpaired) electrons. The van der Waals surface area contributed by atoms with Crippen LogP contribution in [0, 0.1) is 0 Å². The molecular weight excluding hydrogens is 320 g/mol. The molecule has 0 bridgehead atoms. The molecule has 0 aliphatic heterocycles. The van der Waals surface area contributed by atoms with E-state index in [-0.39, 0.29) is 16.7 Å². The van der Waals surface area contributed by atoms with Crippen molar-refractivity contribution in [1.82, 2.24) is 29.1 Å². The van der Waals surface area contributed by atoms with E-state index in [2.05, 4.69) is 20.0 Å². The van der Waals surface area contributed by atoms with Gasteiger partial charge in [-0.15, -0.1) is 5.10 Å². The molecule has 0 saturated heterocycles. The number of sulfonamides is 1. The second kappa shape index (κ2) is 5.56. The molecule has 2 aromatic heterocycles. The largest absolute Gasteiger partial charge is 0.353 e. The second-order valence-electron chi connectivity index (χ2n) is 4.85. The van der Waals surface area contributed by atoms with E-state index < -0.39 is 15.7 Å². The zero-order chi connectivity index (χ0) is 16.6. The highest BCUT2D eigenvalue weighted by molar-refractivity contribution is 7.89. The molecule has 23 heavy (non-hydrogen) atoms. The van der Waals surface area contributed by atoms with E-state index in [9.17, 15) is 13.2 Å². The van der Waals surface area contributed by atoms with Gasteiger partial charge in [0.15, 0.2) is 0 Å². The summed E-state index contributed by atoms with van der Waals surface area (Å²) in [6.07, 6.45) is 1.13. The third-order valence-corrected chi connectivity index (χ3v) is 4.85. The lowest BCUT2D eigenvalue weighted by molar-refractivity contribution is 0.479. The Hall–Kier alpha value is -2.59. The smallest absolute Gasteiger partial charge is 0.245 e. The summed E-state index contributed by atoms with van der Waals surface area (Å²) in [4.78, 5) is 16.3. The van der Waals surface area contributed by atoms with E-state index in [1.807, 2.05) is 30.3 Å². The molecule has 0 fully saturated rings. The van der Waals surface area contributed by atoms with Crippen LogP contribution in [0.25, 0.3) is 5.65 Å². The molecule has 0 aliphatic rings.